The van der Waals surface area contributed by atoms with Crippen molar-refractivity contribution in [2.24, 2.45) is 0 Å². The Bertz CT molecular complexity index is 620. The smallest absolute Gasteiger partial charge is 0.339 e. The molecule has 0 aliphatic rings. The van der Waals surface area contributed by atoms with Crippen LogP contribution in [-0.4, -0.2) is 13.1 Å². The Kier molecular flexibility index (Phi) is 5.73. The summed E-state index contributed by atoms with van der Waals surface area (Å²) in [6, 6.07) is 12.5. The van der Waals surface area contributed by atoms with Crippen LogP contribution in [0.15, 0.2) is 52.3 Å². The molecule has 0 spiro atoms. The summed E-state index contributed by atoms with van der Waals surface area (Å²) in [5.74, 6) is -0.364. The third kappa shape index (κ3) is 3.59. The van der Waals surface area contributed by atoms with Gasteiger partial charge in [0.25, 0.3) is 0 Å². The summed E-state index contributed by atoms with van der Waals surface area (Å²) in [5.41, 5.74) is 13.3. The quantitative estimate of drug-likeness (QED) is 0.672. The van der Waals surface area contributed by atoms with Crippen molar-refractivity contribution in [2.45, 2.75) is 9.79 Å². The van der Waals surface area contributed by atoms with E-state index in [2.05, 4.69) is 0 Å². The lowest BCUT2D eigenvalue weighted by atomic mass is 10.2. The van der Waals surface area contributed by atoms with Crippen LogP contribution < -0.4 is 11.5 Å². The standard InChI is InChI=1S/C14H14N2O2S.ClH/c1-18-14(17)10-4-2-3-5-12(10)19-13-7-6-9(15)8-11(13)16;/h2-8H,15-16H2,1H3;1H. The van der Waals surface area contributed by atoms with Crippen molar-refractivity contribution >= 4 is 41.5 Å². The van der Waals surface area contributed by atoms with E-state index in [-0.39, 0.29) is 18.4 Å². The van der Waals surface area contributed by atoms with Gasteiger partial charge in [-0.05, 0) is 30.3 Å². The molecule has 6 heteroatoms. The van der Waals surface area contributed by atoms with Gasteiger partial charge in [-0.15, -0.1) is 12.4 Å². The van der Waals surface area contributed by atoms with Crippen LogP contribution in [0.2, 0.25) is 0 Å². The highest BCUT2D eigenvalue weighted by Gasteiger charge is 2.13. The van der Waals surface area contributed by atoms with Gasteiger partial charge in [0.15, 0.2) is 0 Å². The highest BCUT2D eigenvalue weighted by molar-refractivity contribution is 7.99. The Labute approximate surface area is 127 Å². The zero-order chi connectivity index (χ0) is 13.8. The van der Waals surface area contributed by atoms with E-state index in [4.69, 9.17) is 16.2 Å². The fourth-order valence-electron chi connectivity index (χ4n) is 1.61. The average Bonchev–Trinajstić information content (AvgIpc) is 2.41. The molecular weight excluding hydrogens is 296 g/mol. The van der Waals surface area contributed by atoms with Crippen molar-refractivity contribution in [3.8, 4) is 0 Å². The summed E-state index contributed by atoms with van der Waals surface area (Å²) in [4.78, 5) is 13.3. The number of esters is 1. The van der Waals surface area contributed by atoms with Crippen LogP contribution in [0.4, 0.5) is 11.4 Å². The Balaban J connectivity index is 0.00000200. The van der Waals surface area contributed by atoms with Gasteiger partial charge in [-0.25, -0.2) is 4.79 Å². The normalized spacial score (nSPS) is 9.65. The number of benzene rings is 2. The number of halogens is 1. The average molecular weight is 311 g/mol. The largest absolute Gasteiger partial charge is 0.465 e. The van der Waals surface area contributed by atoms with Crippen LogP contribution in [0, 0.1) is 0 Å². The first-order valence-electron chi connectivity index (χ1n) is 5.62. The third-order valence-electron chi connectivity index (χ3n) is 2.55. The van der Waals surface area contributed by atoms with Gasteiger partial charge in [-0.2, -0.15) is 0 Å². The van der Waals surface area contributed by atoms with Crippen molar-refractivity contribution in [3.63, 3.8) is 0 Å². The number of anilines is 2. The molecule has 2 aromatic rings. The summed E-state index contributed by atoms with van der Waals surface area (Å²) in [6.45, 7) is 0. The van der Waals surface area contributed by atoms with E-state index in [1.807, 2.05) is 18.2 Å². The highest BCUT2D eigenvalue weighted by atomic mass is 35.5. The van der Waals surface area contributed by atoms with E-state index in [0.717, 1.165) is 9.79 Å². The molecule has 106 valence electrons. The number of nitrogens with two attached hydrogens (primary N) is 2. The number of hydrogen-bond acceptors (Lipinski definition) is 5. The second-order valence-corrected chi connectivity index (χ2v) is 4.97. The third-order valence-corrected chi connectivity index (χ3v) is 3.71. The molecule has 0 amide bonds. The molecule has 0 aliphatic heterocycles. The van der Waals surface area contributed by atoms with Crippen LogP contribution >= 0.6 is 24.2 Å². The van der Waals surface area contributed by atoms with Gasteiger partial charge in [0.2, 0.25) is 0 Å². The van der Waals surface area contributed by atoms with Gasteiger partial charge in [0.05, 0.1) is 12.7 Å². The number of methoxy groups -OCH3 is 1. The molecular formula is C14H15ClN2O2S. The minimum atomic E-state index is -0.364. The molecule has 2 rings (SSSR count). The predicted octanol–water partition coefficient (Wildman–Crippen LogP) is 3.21. The second kappa shape index (κ2) is 7.07. The predicted molar refractivity (Wildman–Crippen MR) is 84.4 cm³/mol. The Morgan fingerprint density at radius 1 is 1.10 bits per heavy atom. The maximum absolute atomic E-state index is 11.7. The summed E-state index contributed by atoms with van der Waals surface area (Å²) in [6.07, 6.45) is 0. The van der Waals surface area contributed by atoms with Crippen LogP contribution in [-0.2, 0) is 4.74 Å². The summed E-state index contributed by atoms with van der Waals surface area (Å²) >= 11 is 1.41. The van der Waals surface area contributed by atoms with Crippen molar-refractivity contribution in [1.29, 1.82) is 0 Å². The van der Waals surface area contributed by atoms with Crippen molar-refractivity contribution in [1.82, 2.24) is 0 Å². The first-order chi connectivity index (χ1) is 9.11. The maximum atomic E-state index is 11.7. The van der Waals surface area contributed by atoms with Crippen LogP contribution in [0.1, 0.15) is 10.4 Å². The number of nitrogen functional groups attached to an aromatic ring is 2. The molecule has 0 fully saturated rings. The minimum Gasteiger partial charge on any atom is -0.465 e. The molecule has 0 atom stereocenters. The van der Waals surface area contributed by atoms with E-state index < -0.39 is 0 Å². The minimum absolute atomic E-state index is 0. The Morgan fingerprint density at radius 3 is 2.45 bits per heavy atom. The number of hydrogen-bond donors (Lipinski definition) is 2. The van der Waals surface area contributed by atoms with Crippen molar-refractivity contribution in [2.75, 3.05) is 18.6 Å². The van der Waals surface area contributed by atoms with E-state index in [9.17, 15) is 4.79 Å². The molecule has 4 nitrogen and oxygen atoms in total. The lowest BCUT2D eigenvalue weighted by Gasteiger charge is -2.09. The molecule has 4 N–H and O–H groups in total. The number of rotatable bonds is 3. The molecule has 0 unspecified atom stereocenters. The molecule has 0 heterocycles. The highest BCUT2D eigenvalue weighted by Crippen LogP contribution is 2.35. The lowest BCUT2D eigenvalue weighted by Crippen LogP contribution is -2.02. The lowest BCUT2D eigenvalue weighted by molar-refractivity contribution is 0.0597. The van der Waals surface area contributed by atoms with Crippen LogP contribution in [0.25, 0.3) is 0 Å². The van der Waals surface area contributed by atoms with Gasteiger partial charge >= 0.3 is 5.97 Å². The van der Waals surface area contributed by atoms with Crippen LogP contribution in [0.5, 0.6) is 0 Å². The van der Waals surface area contributed by atoms with Gasteiger partial charge in [0.1, 0.15) is 0 Å². The second-order valence-electron chi connectivity index (χ2n) is 3.89. The fraction of sp³-hybridized carbons (Fsp3) is 0.0714. The number of carbonyl (C=O) groups is 1. The molecule has 0 radical (unpaired) electrons. The monoisotopic (exact) mass is 310 g/mol. The maximum Gasteiger partial charge on any atom is 0.339 e. The number of carbonyl (C=O) groups excluding carboxylic acids is 1. The van der Waals surface area contributed by atoms with Crippen LogP contribution in [0.3, 0.4) is 0 Å². The zero-order valence-electron chi connectivity index (χ0n) is 10.8. The van der Waals surface area contributed by atoms with Crippen molar-refractivity contribution in [3.05, 3.63) is 48.0 Å². The topological polar surface area (TPSA) is 78.3 Å². The van der Waals surface area contributed by atoms with Gasteiger partial charge in [0, 0.05) is 21.2 Å². The fourth-order valence-corrected chi connectivity index (χ4v) is 2.57. The van der Waals surface area contributed by atoms with Gasteiger partial charge in [-0.1, -0.05) is 23.9 Å². The molecule has 0 saturated heterocycles. The SMILES string of the molecule is COC(=O)c1ccccc1Sc1ccc(N)cc1N.Cl. The van der Waals surface area contributed by atoms with E-state index >= 15 is 0 Å². The Hall–Kier alpha value is -1.85. The first kappa shape index (κ1) is 16.2. The molecule has 20 heavy (non-hydrogen) atoms. The number of ether oxygens (including phenoxy) is 1. The van der Waals surface area contributed by atoms with Crippen molar-refractivity contribution < 1.29 is 9.53 Å². The summed E-state index contributed by atoms with van der Waals surface area (Å²) in [7, 11) is 1.36. The molecule has 0 aromatic heterocycles. The zero-order valence-corrected chi connectivity index (χ0v) is 12.5. The Morgan fingerprint density at radius 2 is 1.80 bits per heavy atom. The molecule has 0 saturated carbocycles. The van der Waals surface area contributed by atoms with E-state index in [1.165, 1.54) is 18.9 Å². The van der Waals surface area contributed by atoms with Gasteiger partial charge in [-0.3, -0.25) is 0 Å². The van der Waals surface area contributed by atoms with E-state index in [0.29, 0.717) is 16.9 Å². The molecule has 2 aromatic carbocycles. The van der Waals surface area contributed by atoms with E-state index in [1.54, 1.807) is 24.3 Å². The van der Waals surface area contributed by atoms with Gasteiger partial charge < -0.3 is 16.2 Å². The molecule has 0 aliphatic carbocycles. The summed E-state index contributed by atoms with van der Waals surface area (Å²) < 4.78 is 4.76. The summed E-state index contributed by atoms with van der Waals surface area (Å²) in [5, 5.41) is 0. The molecule has 0 bridgehead atoms. The first-order valence-corrected chi connectivity index (χ1v) is 6.43.